The zero-order valence-electron chi connectivity index (χ0n) is 16.9. The van der Waals surface area contributed by atoms with Crippen molar-refractivity contribution in [1.82, 2.24) is 0 Å². The fraction of sp³-hybridized carbons (Fsp3) is 0.261. The van der Waals surface area contributed by atoms with Crippen LogP contribution in [0.5, 0.6) is 0 Å². The summed E-state index contributed by atoms with van der Waals surface area (Å²) >= 11 is 0. The van der Waals surface area contributed by atoms with Crippen LogP contribution in [0, 0.1) is 11.3 Å². The molecule has 0 radical (unpaired) electrons. The minimum Gasteiger partial charge on any atom is -0.465 e. The average molecular weight is 404 g/mol. The van der Waals surface area contributed by atoms with E-state index in [1.54, 1.807) is 24.3 Å². The minimum atomic E-state index is -0.619. The van der Waals surface area contributed by atoms with Crippen LogP contribution >= 0.6 is 0 Å². The Morgan fingerprint density at radius 1 is 1.07 bits per heavy atom. The standard InChI is InChI=1S/C23H24N4O3/c1-30-23(29)20-7-3-4-8-21(20)26-22(28)17(15-24)16-25-18-9-11-19(12-10-18)27-13-5-2-6-14-27/h3-4,7-12,16,25H,2,5-6,13-14H2,1H3,(H,26,28)/b17-16-. The summed E-state index contributed by atoms with van der Waals surface area (Å²) in [6, 6.07) is 16.2. The fourth-order valence-electron chi connectivity index (χ4n) is 3.29. The van der Waals surface area contributed by atoms with Gasteiger partial charge in [0.15, 0.2) is 0 Å². The normalized spacial score (nSPS) is 13.9. The summed E-state index contributed by atoms with van der Waals surface area (Å²) in [6.45, 7) is 2.14. The lowest BCUT2D eigenvalue weighted by atomic mass is 10.1. The van der Waals surface area contributed by atoms with Crippen molar-refractivity contribution in [3.63, 3.8) is 0 Å². The van der Waals surface area contributed by atoms with Crippen molar-refractivity contribution in [2.24, 2.45) is 0 Å². The molecule has 1 aliphatic rings. The van der Waals surface area contributed by atoms with E-state index >= 15 is 0 Å². The van der Waals surface area contributed by atoms with Gasteiger partial charge in [-0.05, 0) is 55.7 Å². The Kier molecular flexibility index (Phi) is 7.06. The number of para-hydroxylation sites is 1. The van der Waals surface area contributed by atoms with Crippen molar-refractivity contribution in [2.75, 3.05) is 35.7 Å². The lowest BCUT2D eigenvalue weighted by Crippen LogP contribution is -2.29. The number of nitriles is 1. The van der Waals surface area contributed by atoms with Gasteiger partial charge in [-0.25, -0.2) is 4.79 Å². The summed E-state index contributed by atoms with van der Waals surface area (Å²) in [7, 11) is 1.27. The molecule has 2 aromatic carbocycles. The van der Waals surface area contributed by atoms with E-state index in [9.17, 15) is 14.9 Å². The molecule has 7 heteroatoms. The molecule has 0 saturated carbocycles. The number of benzene rings is 2. The molecule has 2 aromatic rings. The number of nitrogens with one attached hydrogen (secondary N) is 2. The van der Waals surface area contributed by atoms with Crippen LogP contribution in [-0.4, -0.2) is 32.1 Å². The Hall–Kier alpha value is -3.79. The lowest BCUT2D eigenvalue weighted by molar-refractivity contribution is -0.112. The van der Waals surface area contributed by atoms with E-state index in [4.69, 9.17) is 4.74 Å². The summed E-state index contributed by atoms with van der Waals surface area (Å²) < 4.78 is 4.72. The number of piperidine rings is 1. The van der Waals surface area contributed by atoms with Crippen molar-refractivity contribution in [3.8, 4) is 6.07 Å². The predicted octanol–water partition coefficient (Wildman–Crippen LogP) is 3.92. The van der Waals surface area contributed by atoms with Crippen LogP contribution in [0.1, 0.15) is 29.6 Å². The maximum absolute atomic E-state index is 12.5. The number of anilines is 3. The van der Waals surface area contributed by atoms with Crippen LogP contribution in [0.4, 0.5) is 17.1 Å². The number of rotatable bonds is 6. The van der Waals surface area contributed by atoms with E-state index in [-0.39, 0.29) is 16.8 Å². The second kappa shape index (κ2) is 10.1. The van der Waals surface area contributed by atoms with Gasteiger partial charge in [0, 0.05) is 30.7 Å². The number of esters is 1. The Morgan fingerprint density at radius 2 is 1.77 bits per heavy atom. The Balaban J connectivity index is 1.66. The first-order valence-corrected chi connectivity index (χ1v) is 9.83. The third kappa shape index (κ3) is 5.17. The van der Waals surface area contributed by atoms with Crippen LogP contribution < -0.4 is 15.5 Å². The highest BCUT2D eigenvalue weighted by Crippen LogP contribution is 2.22. The first-order valence-electron chi connectivity index (χ1n) is 9.83. The van der Waals surface area contributed by atoms with Crippen molar-refractivity contribution in [2.45, 2.75) is 19.3 Å². The van der Waals surface area contributed by atoms with Crippen molar-refractivity contribution in [1.29, 1.82) is 5.26 Å². The van der Waals surface area contributed by atoms with Gasteiger partial charge in [0.05, 0.1) is 18.4 Å². The maximum atomic E-state index is 12.5. The second-order valence-corrected chi connectivity index (χ2v) is 6.90. The van der Waals surface area contributed by atoms with Gasteiger partial charge in [0.25, 0.3) is 5.91 Å². The molecule has 30 heavy (non-hydrogen) atoms. The number of nitrogens with zero attached hydrogens (tertiary/aromatic N) is 2. The number of hydrogen-bond donors (Lipinski definition) is 2. The summed E-state index contributed by atoms with van der Waals surface area (Å²) in [5.74, 6) is -1.19. The molecule has 1 heterocycles. The smallest absolute Gasteiger partial charge is 0.339 e. The van der Waals surface area contributed by atoms with E-state index in [2.05, 4.69) is 15.5 Å². The average Bonchev–Trinajstić information content (AvgIpc) is 2.80. The van der Waals surface area contributed by atoms with E-state index in [1.807, 2.05) is 30.3 Å². The van der Waals surface area contributed by atoms with Gasteiger partial charge in [-0.3, -0.25) is 4.79 Å². The predicted molar refractivity (Wildman–Crippen MR) is 116 cm³/mol. The summed E-state index contributed by atoms with van der Waals surface area (Å²) in [5.41, 5.74) is 2.32. The van der Waals surface area contributed by atoms with Gasteiger partial charge in [-0.2, -0.15) is 5.26 Å². The monoisotopic (exact) mass is 404 g/mol. The second-order valence-electron chi connectivity index (χ2n) is 6.90. The molecule has 0 aliphatic carbocycles. The minimum absolute atomic E-state index is 0.116. The molecular formula is C23H24N4O3. The quantitative estimate of drug-likeness (QED) is 0.430. The number of carbonyl (C=O) groups excluding carboxylic acids is 2. The number of ether oxygens (including phenoxy) is 1. The van der Waals surface area contributed by atoms with E-state index < -0.39 is 11.9 Å². The molecule has 0 atom stereocenters. The van der Waals surface area contributed by atoms with Gasteiger partial charge in [-0.15, -0.1) is 0 Å². The number of hydrogen-bond acceptors (Lipinski definition) is 6. The van der Waals surface area contributed by atoms with Crippen molar-refractivity contribution >= 4 is 28.9 Å². The molecule has 2 N–H and O–H groups in total. The third-order valence-corrected chi connectivity index (χ3v) is 4.92. The molecule has 0 unspecified atom stereocenters. The first-order chi connectivity index (χ1) is 14.6. The molecule has 154 valence electrons. The van der Waals surface area contributed by atoms with E-state index in [0.29, 0.717) is 0 Å². The molecule has 1 aliphatic heterocycles. The molecule has 1 saturated heterocycles. The fourth-order valence-corrected chi connectivity index (χ4v) is 3.29. The van der Waals surface area contributed by atoms with Crippen LogP contribution in [0.25, 0.3) is 0 Å². The highest BCUT2D eigenvalue weighted by molar-refractivity contribution is 6.09. The Morgan fingerprint density at radius 3 is 2.43 bits per heavy atom. The topological polar surface area (TPSA) is 94.5 Å². The molecule has 7 nitrogen and oxygen atoms in total. The SMILES string of the molecule is COC(=O)c1ccccc1NC(=O)/C(C#N)=C\Nc1ccc(N2CCCCC2)cc1. The number of methoxy groups -OCH3 is 1. The molecule has 1 amide bonds. The number of amides is 1. The van der Waals surface area contributed by atoms with Crippen LogP contribution in [0.3, 0.4) is 0 Å². The largest absolute Gasteiger partial charge is 0.465 e. The first kappa shape index (κ1) is 20.9. The summed E-state index contributed by atoms with van der Waals surface area (Å²) in [4.78, 5) is 26.7. The summed E-state index contributed by atoms with van der Waals surface area (Å²) in [6.07, 6.45) is 5.06. The molecule has 0 spiro atoms. The molecule has 0 aromatic heterocycles. The lowest BCUT2D eigenvalue weighted by Gasteiger charge is -2.28. The van der Waals surface area contributed by atoms with Crippen molar-refractivity contribution < 1.29 is 14.3 Å². The Bertz CT molecular complexity index is 971. The molecular weight excluding hydrogens is 380 g/mol. The molecule has 0 bridgehead atoms. The van der Waals surface area contributed by atoms with Crippen LogP contribution in [-0.2, 0) is 9.53 Å². The van der Waals surface area contributed by atoms with E-state index in [1.165, 1.54) is 38.3 Å². The maximum Gasteiger partial charge on any atom is 0.339 e. The zero-order chi connectivity index (χ0) is 21.3. The van der Waals surface area contributed by atoms with Gasteiger partial charge in [-0.1, -0.05) is 12.1 Å². The molecule has 1 fully saturated rings. The van der Waals surface area contributed by atoms with Gasteiger partial charge >= 0.3 is 5.97 Å². The van der Waals surface area contributed by atoms with Crippen LogP contribution in [0.2, 0.25) is 0 Å². The number of carbonyl (C=O) groups is 2. The highest BCUT2D eigenvalue weighted by atomic mass is 16.5. The van der Waals surface area contributed by atoms with Gasteiger partial charge < -0.3 is 20.3 Å². The van der Waals surface area contributed by atoms with E-state index in [0.717, 1.165) is 18.8 Å². The molecule has 3 rings (SSSR count). The highest BCUT2D eigenvalue weighted by Gasteiger charge is 2.16. The summed E-state index contributed by atoms with van der Waals surface area (Å²) in [5, 5.41) is 14.9. The van der Waals surface area contributed by atoms with Gasteiger partial charge in [0.2, 0.25) is 0 Å². The van der Waals surface area contributed by atoms with Crippen LogP contribution in [0.15, 0.2) is 60.3 Å². The third-order valence-electron chi connectivity index (χ3n) is 4.92. The van der Waals surface area contributed by atoms with Gasteiger partial charge in [0.1, 0.15) is 11.6 Å². The zero-order valence-corrected chi connectivity index (χ0v) is 16.9. The van der Waals surface area contributed by atoms with Crippen molar-refractivity contribution in [3.05, 3.63) is 65.9 Å². The Labute approximate surface area is 175 Å².